The zero-order valence-electron chi connectivity index (χ0n) is 11.6. The first-order valence-electron chi connectivity index (χ1n) is 6.71. The van der Waals surface area contributed by atoms with Crippen LogP contribution in [0.4, 0.5) is 11.4 Å². The summed E-state index contributed by atoms with van der Waals surface area (Å²) in [4.78, 5) is 10.8. The topological polar surface area (TPSA) is 74.0 Å². The van der Waals surface area contributed by atoms with E-state index in [2.05, 4.69) is 15.8 Å². The van der Waals surface area contributed by atoms with Gasteiger partial charge in [-0.2, -0.15) is 0 Å². The molecule has 0 heterocycles. The van der Waals surface area contributed by atoms with Crippen LogP contribution in [0.5, 0.6) is 0 Å². The molecule has 0 fully saturated rings. The number of carboxylic acids is 1. The first kappa shape index (κ1) is 13.8. The molecule has 0 bridgehead atoms. The number of nitrogens with one attached hydrogen (secondary N) is 1. The van der Waals surface area contributed by atoms with E-state index in [0.717, 1.165) is 16.5 Å². The Hall–Kier alpha value is -3.21. The maximum Gasteiger partial charge on any atom is 0.335 e. The Morgan fingerprint density at radius 3 is 2.36 bits per heavy atom. The maximum absolute atomic E-state index is 10.8. The number of aromatic carboxylic acids is 1. The quantitative estimate of drug-likeness (QED) is 0.542. The highest BCUT2D eigenvalue weighted by Crippen LogP contribution is 2.19. The minimum Gasteiger partial charge on any atom is -0.478 e. The number of carboxylic acid groups (broad SMARTS) is 1. The van der Waals surface area contributed by atoms with Crippen LogP contribution in [0.2, 0.25) is 0 Å². The van der Waals surface area contributed by atoms with Crippen LogP contribution in [0.25, 0.3) is 10.8 Å². The van der Waals surface area contributed by atoms with Crippen molar-refractivity contribution in [3.05, 3.63) is 72.3 Å². The SMILES string of the molecule is O=C(O)c1ccc(N=NNc2ccc3ccccc3c2)cc1. The van der Waals surface area contributed by atoms with Crippen molar-refractivity contribution >= 4 is 28.1 Å². The number of benzene rings is 3. The molecule has 0 aromatic heterocycles. The number of carbonyl (C=O) groups is 1. The lowest BCUT2D eigenvalue weighted by atomic mass is 10.1. The van der Waals surface area contributed by atoms with Gasteiger partial charge in [0.1, 0.15) is 0 Å². The molecule has 0 aliphatic carbocycles. The van der Waals surface area contributed by atoms with E-state index in [-0.39, 0.29) is 5.56 Å². The molecule has 0 unspecified atom stereocenters. The van der Waals surface area contributed by atoms with Gasteiger partial charge in [-0.25, -0.2) is 4.79 Å². The van der Waals surface area contributed by atoms with Gasteiger partial charge in [-0.1, -0.05) is 35.6 Å². The molecule has 0 atom stereocenters. The van der Waals surface area contributed by atoms with E-state index in [1.807, 2.05) is 42.5 Å². The molecule has 0 spiro atoms. The van der Waals surface area contributed by atoms with Crippen molar-refractivity contribution in [1.29, 1.82) is 0 Å². The second-order valence-corrected chi connectivity index (χ2v) is 4.73. The van der Waals surface area contributed by atoms with Gasteiger partial charge in [0, 0.05) is 0 Å². The van der Waals surface area contributed by atoms with Crippen molar-refractivity contribution in [2.75, 3.05) is 5.43 Å². The largest absolute Gasteiger partial charge is 0.478 e. The average Bonchev–Trinajstić information content (AvgIpc) is 2.55. The van der Waals surface area contributed by atoms with Crippen LogP contribution in [0.1, 0.15) is 10.4 Å². The third-order valence-corrected chi connectivity index (χ3v) is 3.21. The molecule has 5 heteroatoms. The molecule has 3 aromatic carbocycles. The predicted molar refractivity (Wildman–Crippen MR) is 85.5 cm³/mol. The molecule has 108 valence electrons. The number of nitrogens with zero attached hydrogens (tertiary/aromatic N) is 2. The van der Waals surface area contributed by atoms with E-state index in [9.17, 15) is 4.79 Å². The van der Waals surface area contributed by atoms with Gasteiger partial charge >= 0.3 is 5.97 Å². The van der Waals surface area contributed by atoms with E-state index < -0.39 is 5.97 Å². The zero-order valence-corrected chi connectivity index (χ0v) is 11.6. The highest BCUT2D eigenvalue weighted by molar-refractivity contribution is 5.88. The second kappa shape index (κ2) is 6.05. The molecule has 0 radical (unpaired) electrons. The van der Waals surface area contributed by atoms with Crippen LogP contribution in [0.3, 0.4) is 0 Å². The van der Waals surface area contributed by atoms with Gasteiger partial charge in [0.05, 0.1) is 16.9 Å². The standard InChI is InChI=1S/C17H13N3O2/c21-17(22)13-6-8-15(9-7-13)18-20-19-16-10-5-12-3-1-2-4-14(12)11-16/h1-11H,(H,18,19)(H,21,22). The summed E-state index contributed by atoms with van der Waals surface area (Å²) in [6, 6.07) is 20.2. The van der Waals surface area contributed by atoms with E-state index >= 15 is 0 Å². The first-order chi connectivity index (χ1) is 10.7. The number of hydrogen-bond acceptors (Lipinski definition) is 3. The molecule has 0 aliphatic heterocycles. The van der Waals surface area contributed by atoms with Crippen molar-refractivity contribution in [3.63, 3.8) is 0 Å². The molecule has 2 N–H and O–H groups in total. The Labute approximate surface area is 126 Å². The van der Waals surface area contributed by atoms with Gasteiger partial charge in [0.2, 0.25) is 0 Å². The Morgan fingerprint density at radius 2 is 1.64 bits per heavy atom. The summed E-state index contributed by atoms with van der Waals surface area (Å²) in [6.07, 6.45) is 0. The van der Waals surface area contributed by atoms with Crippen molar-refractivity contribution in [1.82, 2.24) is 0 Å². The van der Waals surface area contributed by atoms with E-state index in [0.29, 0.717) is 5.69 Å². The summed E-state index contributed by atoms with van der Waals surface area (Å²) >= 11 is 0. The second-order valence-electron chi connectivity index (χ2n) is 4.73. The van der Waals surface area contributed by atoms with E-state index in [4.69, 9.17) is 5.11 Å². The number of hydrogen-bond donors (Lipinski definition) is 2. The normalized spacial score (nSPS) is 10.9. The number of rotatable bonds is 4. The van der Waals surface area contributed by atoms with E-state index in [1.54, 1.807) is 12.1 Å². The van der Waals surface area contributed by atoms with Crippen molar-refractivity contribution in [3.8, 4) is 0 Å². The third kappa shape index (κ3) is 3.09. The summed E-state index contributed by atoms with van der Waals surface area (Å²) in [5, 5.41) is 19.0. The third-order valence-electron chi connectivity index (χ3n) is 3.21. The lowest BCUT2D eigenvalue weighted by molar-refractivity contribution is 0.0697. The van der Waals surface area contributed by atoms with Gasteiger partial charge in [0.25, 0.3) is 0 Å². The van der Waals surface area contributed by atoms with Crippen molar-refractivity contribution in [2.45, 2.75) is 0 Å². The van der Waals surface area contributed by atoms with Crippen LogP contribution in [0, 0.1) is 0 Å². The molecular weight excluding hydrogens is 278 g/mol. The van der Waals surface area contributed by atoms with Gasteiger partial charge < -0.3 is 5.11 Å². The smallest absolute Gasteiger partial charge is 0.335 e. The average molecular weight is 291 g/mol. The summed E-state index contributed by atoms with van der Waals surface area (Å²) in [5.74, 6) is -0.960. The molecule has 3 rings (SSSR count). The molecule has 0 saturated carbocycles. The van der Waals surface area contributed by atoms with Gasteiger partial charge in [-0.15, -0.1) is 5.11 Å². The summed E-state index contributed by atoms with van der Waals surface area (Å²) < 4.78 is 0. The monoisotopic (exact) mass is 291 g/mol. The highest BCUT2D eigenvalue weighted by atomic mass is 16.4. The number of fused-ring (bicyclic) bond motifs is 1. The minimum absolute atomic E-state index is 0.224. The van der Waals surface area contributed by atoms with Crippen molar-refractivity contribution < 1.29 is 9.90 Å². The summed E-state index contributed by atoms with van der Waals surface area (Å²) in [7, 11) is 0. The Morgan fingerprint density at radius 1 is 0.909 bits per heavy atom. The lowest BCUT2D eigenvalue weighted by Crippen LogP contribution is -1.94. The van der Waals surface area contributed by atoms with Crippen LogP contribution < -0.4 is 5.43 Å². The highest BCUT2D eigenvalue weighted by Gasteiger charge is 2.00. The minimum atomic E-state index is -0.960. The van der Waals surface area contributed by atoms with Gasteiger partial charge in [-0.3, -0.25) is 5.43 Å². The maximum atomic E-state index is 10.8. The first-order valence-corrected chi connectivity index (χ1v) is 6.71. The fraction of sp³-hybridized carbons (Fsp3) is 0. The fourth-order valence-corrected chi connectivity index (χ4v) is 2.07. The van der Waals surface area contributed by atoms with Crippen LogP contribution in [0.15, 0.2) is 77.1 Å². The van der Waals surface area contributed by atoms with Gasteiger partial charge in [0.15, 0.2) is 0 Å². The van der Waals surface area contributed by atoms with Crippen LogP contribution >= 0.6 is 0 Å². The fourth-order valence-electron chi connectivity index (χ4n) is 2.07. The van der Waals surface area contributed by atoms with Crippen LogP contribution in [-0.4, -0.2) is 11.1 Å². The lowest BCUT2D eigenvalue weighted by Gasteiger charge is -2.02. The zero-order chi connectivity index (χ0) is 15.4. The molecular formula is C17H13N3O2. The van der Waals surface area contributed by atoms with Crippen molar-refractivity contribution in [2.24, 2.45) is 10.3 Å². The molecule has 0 aliphatic rings. The molecule has 22 heavy (non-hydrogen) atoms. The molecule has 3 aromatic rings. The number of anilines is 1. The van der Waals surface area contributed by atoms with Crippen LogP contribution in [-0.2, 0) is 0 Å². The Bertz CT molecular complexity index is 842. The van der Waals surface area contributed by atoms with E-state index in [1.165, 1.54) is 12.1 Å². The predicted octanol–water partition coefficient (Wildman–Crippen LogP) is 4.65. The Balaban J connectivity index is 1.71. The Kier molecular flexibility index (Phi) is 3.78. The molecule has 0 saturated heterocycles. The van der Waals surface area contributed by atoms with Gasteiger partial charge in [-0.05, 0) is 47.2 Å². The molecule has 0 amide bonds. The summed E-state index contributed by atoms with van der Waals surface area (Å²) in [5.41, 5.74) is 4.51. The molecule has 5 nitrogen and oxygen atoms in total. The summed E-state index contributed by atoms with van der Waals surface area (Å²) in [6.45, 7) is 0.